The van der Waals surface area contributed by atoms with E-state index in [0.717, 1.165) is 23.2 Å². The van der Waals surface area contributed by atoms with Crippen molar-refractivity contribution in [2.45, 2.75) is 18.9 Å². The predicted octanol–water partition coefficient (Wildman–Crippen LogP) is 1.60. The second-order valence-corrected chi connectivity index (χ2v) is 5.52. The van der Waals surface area contributed by atoms with Crippen LogP contribution >= 0.6 is 27.3 Å². The molecule has 14 heavy (non-hydrogen) atoms. The van der Waals surface area contributed by atoms with Gasteiger partial charge in [0.1, 0.15) is 0 Å². The van der Waals surface area contributed by atoms with E-state index in [1.54, 1.807) is 6.20 Å². The van der Waals surface area contributed by atoms with Gasteiger partial charge < -0.3 is 10.6 Å². The smallest absolute Gasteiger partial charge is 0.243 e. The monoisotopic (exact) mass is 275 g/mol. The van der Waals surface area contributed by atoms with Gasteiger partial charge in [-0.2, -0.15) is 0 Å². The van der Waals surface area contributed by atoms with Gasteiger partial charge in [-0.3, -0.25) is 4.79 Å². The number of carbonyl (C=O) groups excluding carboxylic acids is 1. The lowest BCUT2D eigenvalue weighted by Gasteiger charge is -2.08. The number of rotatable bonds is 2. The summed E-state index contributed by atoms with van der Waals surface area (Å²) >= 11 is 4.72. The Morgan fingerprint density at radius 1 is 1.79 bits per heavy atom. The van der Waals surface area contributed by atoms with Crippen molar-refractivity contribution in [3.8, 4) is 0 Å². The first-order valence-electron chi connectivity index (χ1n) is 4.41. The van der Waals surface area contributed by atoms with Crippen molar-refractivity contribution >= 4 is 38.3 Å². The summed E-state index contributed by atoms with van der Waals surface area (Å²) in [6.45, 7) is 0.930. The Morgan fingerprint density at radius 3 is 3.21 bits per heavy atom. The Balaban J connectivity index is 1.93. The molecule has 1 aromatic heterocycles. The molecule has 0 unspecified atom stereocenters. The number of aromatic nitrogens is 1. The lowest BCUT2D eigenvalue weighted by Crippen LogP contribution is -2.35. The molecule has 1 fully saturated rings. The van der Waals surface area contributed by atoms with Crippen molar-refractivity contribution in [1.29, 1.82) is 0 Å². The molecule has 4 nitrogen and oxygen atoms in total. The number of nitrogens with zero attached hydrogens (tertiary/aromatic N) is 1. The zero-order chi connectivity index (χ0) is 9.97. The van der Waals surface area contributed by atoms with Gasteiger partial charge in [0.05, 0.1) is 16.0 Å². The van der Waals surface area contributed by atoms with Crippen LogP contribution < -0.4 is 10.6 Å². The lowest BCUT2D eigenvalue weighted by molar-refractivity contribution is -0.117. The molecule has 2 N–H and O–H groups in total. The maximum Gasteiger partial charge on any atom is 0.243 e. The summed E-state index contributed by atoms with van der Waals surface area (Å²) in [6.07, 6.45) is 3.67. The zero-order valence-corrected chi connectivity index (χ0v) is 9.82. The van der Waals surface area contributed by atoms with Gasteiger partial charge in [-0.05, 0) is 35.3 Å². The third kappa shape index (κ3) is 2.31. The van der Waals surface area contributed by atoms with Crippen molar-refractivity contribution in [3.05, 3.63) is 9.98 Å². The number of thiazole rings is 1. The highest BCUT2D eigenvalue weighted by Gasteiger charge is 2.22. The van der Waals surface area contributed by atoms with Crippen LogP contribution in [-0.2, 0) is 4.79 Å². The van der Waals surface area contributed by atoms with Gasteiger partial charge >= 0.3 is 0 Å². The Bertz CT molecular complexity index is 335. The topological polar surface area (TPSA) is 54.0 Å². The molecule has 0 bridgehead atoms. The summed E-state index contributed by atoms with van der Waals surface area (Å²) in [4.78, 5) is 15.6. The summed E-state index contributed by atoms with van der Waals surface area (Å²) < 4.78 is 0.923. The highest BCUT2D eigenvalue weighted by molar-refractivity contribution is 9.11. The standard InChI is InChI=1S/C8H10BrN3OS/c9-6-4-11-8(14-6)12-7(13)5-2-1-3-10-5/h4-5,10H,1-3H2,(H,11,12,13)/t5-/m0/s1. The minimum Gasteiger partial charge on any atom is -0.306 e. The first-order chi connectivity index (χ1) is 6.75. The fraction of sp³-hybridized carbons (Fsp3) is 0.500. The number of anilines is 1. The molecule has 0 spiro atoms. The van der Waals surface area contributed by atoms with E-state index in [2.05, 4.69) is 31.5 Å². The molecule has 1 atom stereocenters. The molecule has 0 saturated carbocycles. The molecule has 0 aromatic carbocycles. The SMILES string of the molecule is O=C(Nc1ncc(Br)s1)[C@@H]1CCCN1. The number of carbonyl (C=O) groups is 1. The van der Waals surface area contributed by atoms with Crippen LogP contribution in [0.2, 0.25) is 0 Å². The van der Waals surface area contributed by atoms with Gasteiger partial charge in [0.2, 0.25) is 5.91 Å². The fourth-order valence-electron chi connectivity index (χ4n) is 1.41. The average molecular weight is 276 g/mol. The number of nitrogens with one attached hydrogen (secondary N) is 2. The largest absolute Gasteiger partial charge is 0.306 e. The van der Waals surface area contributed by atoms with Gasteiger partial charge in [-0.25, -0.2) is 4.98 Å². The maximum absolute atomic E-state index is 11.6. The Hall–Kier alpha value is -0.460. The number of hydrogen-bond donors (Lipinski definition) is 2. The molecular formula is C8H10BrN3OS. The van der Waals surface area contributed by atoms with Gasteiger partial charge in [0.25, 0.3) is 0 Å². The molecule has 0 aliphatic carbocycles. The minimum absolute atomic E-state index is 0.0179. The van der Waals surface area contributed by atoms with E-state index in [9.17, 15) is 4.79 Å². The second-order valence-electron chi connectivity index (χ2n) is 3.11. The van der Waals surface area contributed by atoms with Crippen LogP contribution in [0.15, 0.2) is 9.98 Å². The quantitative estimate of drug-likeness (QED) is 0.862. The van der Waals surface area contributed by atoms with Crippen LogP contribution in [0.5, 0.6) is 0 Å². The summed E-state index contributed by atoms with van der Waals surface area (Å²) in [5.41, 5.74) is 0. The van der Waals surface area contributed by atoms with E-state index in [0.29, 0.717) is 5.13 Å². The third-order valence-corrected chi connectivity index (χ3v) is 3.48. The van der Waals surface area contributed by atoms with E-state index in [1.807, 2.05) is 0 Å². The van der Waals surface area contributed by atoms with Gasteiger partial charge in [-0.15, -0.1) is 0 Å². The number of amides is 1. The molecule has 6 heteroatoms. The van der Waals surface area contributed by atoms with E-state index in [-0.39, 0.29) is 11.9 Å². The van der Waals surface area contributed by atoms with E-state index in [1.165, 1.54) is 11.3 Å². The van der Waals surface area contributed by atoms with Gasteiger partial charge in [0, 0.05) is 0 Å². The van der Waals surface area contributed by atoms with Crippen molar-refractivity contribution in [1.82, 2.24) is 10.3 Å². The summed E-state index contributed by atoms with van der Waals surface area (Å²) in [6, 6.07) is -0.0438. The first-order valence-corrected chi connectivity index (χ1v) is 6.02. The first kappa shape index (κ1) is 10.1. The summed E-state index contributed by atoms with van der Waals surface area (Å²) in [5.74, 6) is 0.0179. The Morgan fingerprint density at radius 2 is 2.64 bits per heavy atom. The van der Waals surface area contributed by atoms with Crippen LogP contribution in [0.3, 0.4) is 0 Å². The minimum atomic E-state index is -0.0438. The highest BCUT2D eigenvalue weighted by Crippen LogP contribution is 2.23. The number of halogens is 1. The average Bonchev–Trinajstić information content (AvgIpc) is 2.75. The highest BCUT2D eigenvalue weighted by atomic mass is 79.9. The molecule has 76 valence electrons. The summed E-state index contributed by atoms with van der Waals surface area (Å²) in [5, 5.41) is 6.57. The molecule has 1 amide bonds. The van der Waals surface area contributed by atoms with Gasteiger partial charge in [0.15, 0.2) is 5.13 Å². The fourth-order valence-corrected chi connectivity index (χ4v) is 2.52. The van der Waals surface area contributed by atoms with Crippen molar-refractivity contribution in [3.63, 3.8) is 0 Å². The predicted molar refractivity (Wildman–Crippen MR) is 59.5 cm³/mol. The third-order valence-electron chi connectivity index (χ3n) is 2.08. The lowest BCUT2D eigenvalue weighted by atomic mass is 10.2. The van der Waals surface area contributed by atoms with Crippen LogP contribution in [0, 0.1) is 0 Å². The van der Waals surface area contributed by atoms with Crippen molar-refractivity contribution in [2.75, 3.05) is 11.9 Å². The Kier molecular flexibility index (Phi) is 3.15. The zero-order valence-electron chi connectivity index (χ0n) is 7.42. The van der Waals surface area contributed by atoms with E-state index in [4.69, 9.17) is 0 Å². The van der Waals surface area contributed by atoms with Crippen molar-refractivity contribution in [2.24, 2.45) is 0 Å². The molecule has 1 saturated heterocycles. The maximum atomic E-state index is 11.6. The molecule has 1 aliphatic heterocycles. The van der Waals surface area contributed by atoms with E-state index >= 15 is 0 Å². The summed E-state index contributed by atoms with van der Waals surface area (Å²) in [7, 11) is 0. The normalized spacial score (nSPS) is 21.1. The van der Waals surface area contributed by atoms with Crippen LogP contribution in [-0.4, -0.2) is 23.5 Å². The Labute approximate surface area is 94.2 Å². The van der Waals surface area contributed by atoms with E-state index < -0.39 is 0 Å². The van der Waals surface area contributed by atoms with Crippen LogP contribution in [0.25, 0.3) is 0 Å². The molecular weight excluding hydrogens is 266 g/mol. The molecule has 2 heterocycles. The van der Waals surface area contributed by atoms with Crippen LogP contribution in [0.4, 0.5) is 5.13 Å². The second kappa shape index (κ2) is 4.37. The van der Waals surface area contributed by atoms with Gasteiger partial charge in [-0.1, -0.05) is 11.3 Å². The molecule has 1 aliphatic rings. The number of hydrogen-bond acceptors (Lipinski definition) is 4. The van der Waals surface area contributed by atoms with Crippen LogP contribution in [0.1, 0.15) is 12.8 Å². The van der Waals surface area contributed by atoms with Crippen molar-refractivity contribution < 1.29 is 4.79 Å². The molecule has 2 rings (SSSR count). The molecule has 0 radical (unpaired) electrons. The molecule has 1 aromatic rings.